The van der Waals surface area contributed by atoms with Crippen molar-refractivity contribution in [3.8, 4) is 5.75 Å². The molecule has 0 radical (unpaired) electrons. The van der Waals surface area contributed by atoms with Crippen molar-refractivity contribution in [3.63, 3.8) is 0 Å². The first kappa shape index (κ1) is 13.9. The molecule has 4 unspecified atom stereocenters. The normalized spacial score (nSPS) is 37.0. The van der Waals surface area contributed by atoms with Crippen LogP contribution in [0, 0.1) is 11.8 Å². The molecule has 2 aliphatic rings. The third kappa shape index (κ3) is 2.58. The van der Waals surface area contributed by atoms with Gasteiger partial charge < -0.3 is 10.5 Å². The van der Waals surface area contributed by atoms with Crippen LogP contribution in [0.15, 0.2) is 24.3 Å². The van der Waals surface area contributed by atoms with Crippen LogP contribution in [0.1, 0.15) is 57.4 Å². The Labute approximate surface area is 122 Å². The average molecular weight is 273 g/mol. The monoisotopic (exact) mass is 273 g/mol. The van der Waals surface area contributed by atoms with Gasteiger partial charge in [0.25, 0.3) is 0 Å². The van der Waals surface area contributed by atoms with Gasteiger partial charge in [0.05, 0.1) is 6.61 Å². The Balaban J connectivity index is 1.81. The van der Waals surface area contributed by atoms with Gasteiger partial charge in [-0.05, 0) is 55.1 Å². The Morgan fingerprint density at radius 1 is 1.20 bits per heavy atom. The quantitative estimate of drug-likeness (QED) is 0.880. The minimum absolute atomic E-state index is 0.00673. The molecular weight excluding hydrogens is 246 g/mol. The molecule has 1 aromatic carbocycles. The van der Waals surface area contributed by atoms with Crippen LogP contribution in [-0.4, -0.2) is 12.1 Å². The molecule has 0 bridgehead atoms. The van der Waals surface area contributed by atoms with Crippen LogP contribution >= 0.6 is 0 Å². The second-order valence-corrected chi connectivity index (χ2v) is 7.10. The molecule has 4 atom stereocenters. The first-order chi connectivity index (χ1) is 9.58. The summed E-state index contributed by atoms with van der Waals surface area (Å²) in [7, 11) is 0. The van der Waals surface area contributed by atoms with E-state index in [1.165, 1.54) is 24.8 Å². The van der Waals surface area contributed by atoms with Gasteiger partial charge in [0.2, 0.25) is 0 Å². The Bertz CT molecular complexity index is 472. The van der Waals surface area contributed by atoms with Crippen LogP contribution in [0.2, 0.25) is 0 Å². The lowest BCUT2D eigenvalue weighted by molar-refractivity contribution is 0.132. The molecule has 2 heteroatoms. The average Bonchev–Trinajstić information content (AvgIpc) is 2.44. The fraction of sp³-hybridized carbons (Fsp3) is 0.667. The fourth-order valence-electron chi connectivity index (χ4n) is 4.15. The molecule has 1 heterocycles. The summed E-state index contributed by atoms with van der Waals surface area (Å²) in [6, 6.07) is 8.50. The van der Waals surface area contributed by atoms with Gasteiger partial charge in [0.1, 0.15) is 5.75 Å². The fourth-order valence-corrected chi connectivity index (χ4v) is 4.15. The van der Waals surface area contributed by atoms with Gasteiger partial charge in [-0.2, -0.15) is 0 Å². The molecule has 1 aliphatic heterocycles. The number of hydrogen-bond acceptors (Lipinski definition) is 2. The van der Waals surface area contributed by atoms with E-state index in [0.29, 0.717) is 11.8 Å². The lowest BCUT2D eigenvalue weighted by Gasteiger charge is -2.45. The first-order valence-electron chi connectivity index (χ1n) is 8.09. The molecule has 1 aliphatic carbocycles. The number of fused-ring (bicyclic) bond motifs is 1. The Hall–Kier alpha value is -1.02. The van der Waals surface area contributed by atoms with Crippen molar-refractivity contribution in [2.24, 2.45) is 17.6 Å². The molecule has 110 valence electrons. The van der Waals surface area contributed by atoms with Crippen LogP contribution in [0.4, 0.5) is 0 Å². The van der Waals surface area contributed by atoms with Gasteiger partial charge >= 0.3 is 0 Å². The Morgan fingerprint density at radius 3 is 2.85 bits per heavy atom. The van der Waals surface area contributed by atoms with Gasteiger partial charge in [0, 0.05) is 5.54 Å². The van der Waals surface area contributed by atoms with Crippen LogP contribution in [-0.2, 0) is 0 Å². The highest BCUT2D eigenvalue weighted by Gasteiger charge is 2.40. The molecule has 20 heavy (non-hydrogen) atoms. The highest BCUT2D eigenvalue weighted by Crippen LogP contribution is 2.44. The largest absolute Gasteiger partial charge is 0.493 e. The number of benzene rings is 1. The zero-order valence-electron chi connectivity index (χ0n) is 12.8. The van der Waals surface area contributed by atoms with E-state index in [9.17, 15) is 0 Å². The number of ether oxygens (including phenoxy) is 1. The van der Waals surface area contributed by atoms with Crippen LogP contribution < -0.4 is 10.5 Å². The van der Waals surface area contributed by atoms with E-state index in [2.05, 4.69) is 38.1 Å². The van der Waals surface area contributed by atoms with Crippen molar-refractivity contribution in [2.45, 2.75) is 57.4 Å². The van der Waals surface area contributed by atoms with E-state index < -0.39 is 0 Å². The molecule has 1 saturated carbocycles. The van der Waals surface area contributed by atoms with Crippen molar-refractivity contribution in [3.05, 3.63) is 29.8 Å². The van der Waals surface area contributed by atoms with Gasteiger partial charge in [-0.1, -0.05) is 38.5 Å². The highest BCUT2D eigenvalue weighted by molar-refractivity contribution is 5.38. The second kappa shape index (κ2) is 5.40. The molecule has 2 N–H and O–H groups in total. The van der Waals surface area contributed by atoms with Crippen molar-refractivity contribution in [1.29, 1.82) is 0 Å². The maximum absolute atomic E-state index is 6.84. The summed E-state index contributed by atoms with van der Waals surface area (Å²) in [5.74, 6) is 3.04. The second-order valence-electron chi connectivity index (χ2n) is 7.10. The zero-order chi connectivity index (χ0) is 14.2. The van der Waals surface area contributed by atoms with E-state index in [0.717, 1.165) is 31.1 Å². The Morgan fingerprint density at radius 2 is 2.00 bits per heavy atom. The molecule has 1 fully saturated rings. The molecular formula is C18H27NO. The van der Waals surface area contributed by atoms with E-state index >= 15 is 0 Å². The summed E-state index contributed by atoms with van der Waals surface area (Å²) in [4.78, 5) is 0. The van der Waals surface area contributed by atoms with Crippen LogP contribution in [0.3, 0.4) is 0 Å². The minimum atomic E-state index is 0.00673. The molecule has 0 saturated heterocycles. The van der Waals surface area contributed by atoms with Crippen LogP contribution in [0.5, 0.6) is 5.75 Å². The van der Waals surface area contributed by atoms with E-state index in [1.54, 1.807) is 0 Å². The summed E-state index contributed by atoms with van der Waals surface area (Å²) in [6.45, 7) is 5.53. The summed E-state index contributed by atoms with van der Waals surface area (Å²) in [5, 5.41) is 0. The zero-order valence-corrected chi connectivity index (χ0v) is 12.8. The van der Waals surface area contributed by atoms with Gasteiger partial charge in [-0.25, -0.2) is 0 Å². The summed E-state index contributed by atoms with van der Waals surface area (Å²) in [6.07, 6.45) is 6.01. The molecule has 2 nitrogen and oxygen atoms in total. The maximum Gasteiger partial charge on any atom is 0.122 e. The third-order valence-electron chi connectivity index (χ3n) is 5.51. The standard InChI is InChI=1S/C18H27NO/c1-13-7-8-14(2)18(19,11-13)12-15-9-10-20-17-6-4-3-5-16(15)17/h3-6,13-15H,7-12,19H2,1-2H3. The van der Waals surface area contributed by atoms with E-state index in [1.807, 2.05) is 0 Å². The van der Waals surface area contributed by atoms with E-state index in [-0.39, 0.29) is 5.54 Å². The molecule has 0 amide bonds. The van der Waals surface area contributed by atoms with Crippen molar-refractivity contribution < 1.29 is 4.74 Å². The molecule has 3 rings (SSSR count). The molecule has 0 spiro atoms. The highest BCUT2D eigenvalue weighted by atomic mass is 16.5. The lowest BCUT2D eigenvalue weighted by Crippen LogP contribution is -2.51. The number of nitrogens with two attached hydrogens (primary N) is 1. The smallest absolute Gasteiger partial charge is 0.122 e. The van der Waals surface area contributed by atoms with Gasteiger partial charge in [-0.15, -0.1) is 0 Å². The lowest BCUT2D eigenvalue weighted by atomic mass is 9.65. The number of hydrogen-bond donors (Lipinski definition) is 1. The molecule has 1 aromatic rings. The third-order valence-corrected chi connectivity index (χ3v) is 5.51. The first-order valence-corrected chi connectivity index (χ1v) is 8.09. The molecule has 0 aromatic heterocycles. The van der Waals surface area contributed by atoms with Crippen molar-refractivity contribution in [2.75, 3.05) is 6.61 Å². The maximum atomic E-state index is 6.84. The predicted octanol–water partition coefficient (Wildman–Crippen LogP) is 4.10. The summed E-state index contributed by atoms with van der Waals surface area (Å²) < 4.78 is 5.78. The Kier molecular flexibility index (Phi) is 3.76. The van der Waals surface area contributed by atoms with Crippen molar-refractivity contribution >= 4 is 0 Å². The van der Waals surface area contributed by atoms with Crippen LogP contribution in [0.25, 0.3) is 0 Å². The van der Waals surface area contributed by atoms with Crippen molar-refractivity contribution in [1.82, 2.24) is 0 Å². The SMILES string of the molecule is CC1CCC(C)C(N)(CC2CCOc3ccccc32)C1. The van der Waals surface area contributed by atoms with E-state index in [4.69, 9.17) is 10.5 Å². The summed E-state index contributed by atoms with van der Waals surface area (Å²) in [5.41, 5.74) is 8.22. The number of rotatable bonds is 2. The topological polar surface area (TPSA) is 35.2 Å². The van der Waals surface area contributed by atoms with Gasteiger partial charge in [0.15, 0.2) is 0 Å². The number of para-hydroxylation sites is 1. The summed E-state index contributed by atoms with van der Waals surface area (Å²) >= 11 is 0. The van der Waals surface area contributed by atoms with Gasteiger partial charge in [-0.3, -0.25) is 0 Å². The predicted molar refractivity (Wildman–Crippen MR) is 83.0 cm³/mol. The minimum Gasteiger partial charge on any atom is -0.493 e.